The van der Waals surface area contributed by atoms with Crippen LogP contribution in [-0.2, 0) is 22.1 Å². The molecule has 1 amide bonds. The Morgan fingerprint density at radius 1 is 0.907 bits per heavy atom. The number of aromatic nitrogens is 2. The van der Waals surface area contributed by atoms with E-state index in [0.29, 0.717) is 45.3 Å². The molecular formula is C43H61N5O5Si. The van der Waals surface area contributed by atoms with Crippen LogP contribution >= 0.6 is 0 Å². The lowest BCUT2D eigenvalue weighted by molar-refractivity contribution is 0.0219. The van der Waals surface area contributed by atoms with Gasteiger partial charge in [-0.15, -0.1) is 0 Å². The molecule has 0 saturated carbocycles. The molecule has 0 radical (unpaired) electrons. The summed E-state index contributed by atoms with van der Waals surface area (Å²) in [4.78, 5) is 29.8. The predicted octanol–water partition coefficient (Wildman–Crippen LogP) is 6.07. The molecule has 3 aromatic rings. The number of ether oxygens (including phenoxy) is 2. The number of anilines is 1. The third-order valence-electron chi connectivity index (χ3n) is 12.1. The summed E-state index contributed by atoms with van der Waals surface area (Å²) in [5, 5.41) is 13.6. The highest BCUT2D eigenvalue weighted by Crippen LogP contribution is 2.44. The SMILES string of the molecule is CC(C)(C)OC(=O)N1CCc2c(nc(OC[C@]34CCCN3[C@H](CO[Si](c3ccccc3)(c3ccccc3)C(C)(C)C)CC4)nc2N2CCC[C@@](C)(O)C2)C1. The zero-order chi connectivity index (χ0) is 38.4. The Kier molecular flexibility index (Phi) is 10.7. The van der Waals surface area contributed by atoms with Gasteiger partial charge < -0.3 is 28.8 Å². The number of hydrogen-bond acceptors (Lipinski definition) is 9. The standard InChI is InChI=1S/C43H61N5O5Si/c1-40(2,3)53-39(49)46-27-21-35-36(28-46)44-38(45-37(35)47-25-14-22-42(7,50)30-47)51-31-43-23-15-26-48(43)32(20-24-43)29-52-54(41(4,5)6,33-16-10-8-11-17-33)34-18-12-9-13-19-34/h8-13,16-19,32,50H,14-15,20-31H2,1-7H3/t32-,42+,43+/m0/s1. The van der Waals surface area contributed by atoms with Gasteiger partial charge in [0.2, 0.25) is 0 Å². The molecule has 54 heavy (non-hydrogen) atoms. The van der Waals surface area contributed by atoms with E-state index in [9.17, 15) is 9.90 Å². The maximum atomic E-state index is 13.1. The molecule has 292 valence electrons. The molecule has 4 aliphatic heterocycles. The van der Waals surface area contributed by atoms with E-state index >= 15 is 0 Å². The summed E-state index contributed by atoms with van der Waals surface area (Å²) in [5.41, 5.74) is 0.324. The second kappa shape index (κ2) is 14.9. The number of nitrogens with zero attached hydrogens (tertiary/aromatic N) is 5. The monoisotopic (exact) mass is 755 g/mol. The van der Waals surface area contributed by atoms with Crippen LogP contribution in [-0.4, -0.2) is 101 Å². The van der Waals surface area contributed by atoms with Gasteiger partial charge in [-0.25, -0.2) is 4.79 Å². The van der Waals surface area contributed by atoms with Gasteiger partial charge in [-0.1, -0.05) is 81.4 Å². The van der Waals surface area contributed by atoms with Crippen LogP contribution in [0.2, 0.25) is 5.04 Å². The Hall–Kier alpha value is -3.51. The molecule has 5 heterocycles. The summed E-state index contributed by atoms with van der Waals surface area (Å²) < 4.78 is 19.9. The van der Waals surface area contributed by atoms with Crippen molar-refractivity contribution >= 4 is 30.6 Å². The van der Waals surface area contributed by atoms with Gasteiger partial charge >= 0.3 is 12.1 Å². The molecule has 0 unspecified atom stereocenters. The molecule has 11 heteroatoms. The lowest BCUT2D eigenvalue weighted by Crippen LogP contribution is -2.67. The number of hydrogen-bond donors (Lipinski definition) is 1. The fourth-order valence-corrected chi connectivity index (χ4v) is 14.2. The number of piperidine rings is 1. The molecule has 10 nitrogen and oxygen atoms in total. The van der Waals surface area contributed by atoms with Gasteiger partial charge in [0.25, 0.3) is 8.32 Å². The molecule has 3 saturated heterocycles. The van der Waals surface area contributed by atoms with Gasteiger partial charge in [0.05, 0.1) is 30.0 Å². The highest BCUT2D eigenvalue weighted by Gasteiger charge is 2.54. The summed E-state index contributed by atoms with van der Waals surface area (Å²) in [5.74, 6) is 0.822. The molecule has 1 aromatic heterocycles. The summed E-state index contributed by atoms with van der Waals surface area (Å²) in [6.45, 7) is 18.9. The number of amides is 1. The average Bonchev–Trinajstić information content (AvgIpc) is 3.69. The Labute approximate surface area is 323 Å². The largest absolute Gasteiger partial charge is 0.461 e. The van der Waals surface area contributed by atoms with Crippen LogP contribution in [0, 0.1) is 0 Å². The van der Waals surface area contributed by atoms with Crippen LogP contribution in [0.1, 0.15) is 98.2 Å². The Morgan fingerprint density at radius 2 is 1.57 bits per heavy atom. The number of aliphatic hydroxyl groups is 1. The number of carbonyl (C=O) groups is 1. The Balaban J connectivity index is 1.13. The van der Waals surface area contributed by atoms with Crippen molar-refractivity contribution in [1.29, 1.82) is 0 Å². The van der Waals surface area contributed by atoms with Crippen LogP contribution in [0.15, 0.2) is 60.7 Å². The van der Waals surface area contributed by atoms with E-state index in [1.165, 1.54) is 10.4 Å². The third kappa shape index (κ3) is 7.79. The lowest BCUT2D eigenvalue weighted by Gasteiger charge is -2.44. The van der Waals surface area contributed by atoms with E-state index < -0.39 is 19.5 Å². The van der Waals surface area contributed by atoms with Crippen LogP contribution in [0.3, 0.4) is 0 Å². The number of fused-ring (bicyclic) bond motifs is 2. The highest BCUT2D eigenvalue weighted by molar-refractivity contribution is 6.99. The molecule has 1 N–H and O–H groups in total. The van der Waals surface area contributed by atoms with Crippen LogP contribution < -0.4 is 20.0 Å². The van der Waals surface area contributed by atoms with Crippen LogP contribution in [0.25, 0.3) is 0 Å². The average molecular weight is 756 g/mol. The van der Waals surface area contributed by atoms with E-state index in [0.717, 1.165) is 68.7 Å². The van der Waals surface area contributed by atoms with Gasteiger partial charge in [-0.2, -0.15) is 9.97 Å². The maximum Gasteiger partial charge on any atom is 0.410 e. The molecule has 3 atom stereocenters. The van der Waals surface area contributed by atoms with Crippen molar-refractivity contribution in [3.63, 3.8) is 0 Å². The van der Waals surface area contributed by atoms with E-state index in [1.807, 2.05) is 27.7 Å². The molecule has 7 rings (SSSR count). The summed E-state index contributed by atoms with van der Waals surface area (Å²) in [7, 11) is -2.67. The number of benzene rings is 2. The maximum absolute atomic E-state index is 13.1. The molecule has 4 aliphatic rings. The van der Waals surface area contributed by atoms with Crippen molar-refractivity contribution in [2.45, 2.75) is 128 Å². The zero-order valence-electron chi connectivity index (χ0n) is 33.6. The fourth-order valence-electron chi connectivity index (χ4n) is 9.57. The smallest absolute Gasteiger partial charge is 0.410 e. The summed E-state index contributed by atoms with van der Waals surface area (Å²) in [6, 6.07) is 22.4. The minimum atomic E-state index is -2.67. The molecule has 0 spiro atoms. The number of rotatable bonds is 9. The van der Waals surface area contributed by atoms with Crippen molar-refractivity contribution in [3.05, 3.63) is 71.9 Å². The van der Waals surface area contributed by atoms with Crippen molar-refractivity contribution in [1.82, 2.24) is 19.8 Å². The van der Waals surface area contributed by atoms with E-state index in [-0.39, 0.29) is 22.7 Å². The molecule has 3 fully saturated rings. The Bertz CT molecular complexity index is 1740. The lowest BCUT2D eigenvalue weighted by atomic mass is 9.94. The van der Waals surface area contributed by atoms with Crippen molar-refractivity contribution in [2.75, 3.05) is 44.3 Å². The molecule has 0 aliphatic carbocycles. The quantitative estimate of drug-likeness (QED) is 0.261. The van der Waals surface area contributed by atoms with E-state index in [4.69, 9.17) is 23.9 Å². The van der Waals surface area contributed by atoms with Crippen LogP contribution in [0.5, 0.6) is 6.01 Å². The van der Waals surface area contributed by atoms with Crippen molar-refractivity contribution in [2.24, 2.45) is 0 Å². The number of β-amino-alcohol motifs (C(OH)–C–C–N with tert-alkyl or cyclic N) is 1. The second-order valence-corrected chi connectivity index (χ2v) is 22.7. The molecule has 2 aromatic carbocycles. The topological polar surface area (TPSA) is 100 Å². The van der Waals surface area contributed by atoms with Crippen LogP contribution in [0.4, 0.5) is 10.6 Å². The normalized spacial score (nSPS) is 25.0. The van der Waals surface area contributed by atoms with E-state index in [2.05, 4.69) is 91.2 Å². The fraction of sp³-hybridized carbons (Fsp3) is 0.605. The first-order chi connectivity index (χ1) is 25.6. The first-order valence-corrected chi connectivity index (χ1v) is 22.0. The molecular weight excluding hydrogens is 695 g/mol. The first kappa shape index (κ1) is 38.7. The van der Waals surface area contributed by atoms with Gasteiger partial charge in [-0.3, -0.25) is 4.90 Å². The minimum absolute atomic E-state index is 0.0815. The second-order valence-electron chi connectivity index (χ2n) is 18.4. The van der Waals surface area contributed by atoms with Crippen molar-refractivity contribution < 1.29 is 23.8 Å². The highest BCUT2D eigenvalue weighted by atomic mass is 28.4. The van der Waals surface area contributed by atoms with Crippen molar-refractivity contribution in [3.8, 4) is 6.01 Å². The van der Waals surface area contributed by atoms with Gasteiger partial charge in [0, 0.05) is 31.2 Å². The minimum Gasteiger partial charge on any atom is -0.461 e. The number of carbonyl (C=O) groups excluding carboxylic acids is 1. The van der Waals surface area contributed by atoms with Gasteiger partial charge in [0.15, 0.2) is 0 Å². The summed E-state index contributed by atoms with van der Waals surface area (Å²) >= 11 is 0. The van der Waals surface area contributed by atoms with Gasteiger partial charge in [0.1, 0.15) is 18.0 Å². The Morgan fingerprint density at radius 3 is 2.20 bits per heavy atom. The van der Waals surface area contributed by atoms with Gasteiger partial charge in [-0.05, 0) is 94.6 Å². The first-order valence-electron chi connectivity index (χ1n) is 20.1. The molecule has 0 bridgehead atoms. The third-order valence-corrected chi connectivity index (χ3v) is 17.1. The summed E-state index contributed by atoms with van der Waals surface area (Å²) in [6.07, 6.45) is 6.16. The predicted molar refractivity (Wildman–Crippen MR) is 215 cm³/mol. The zero-order valence-corrected chi connectivity index (χ0v) is 34.6. The van der Waals surface area contributed by atoms with E-state index in [1.54, 1.807) is 4.90 Å².